The third-order valence-corrected chi connectivity index (χ3v) is 12.8. The molecular weight excluding hydrogens is 539 g/mol. The fraction of sp³-hybridized carbons (Fsp3) is 0.171. The molecule has 0 bridgehead atoms. The molecule has 0 spiro atoms. The molecule has 6 rings (SSSR count). The number of halogens is 2. The molecule has 190 valence electrons. The van der Waals surface area contributed by atoms with Gasteiger partial charge >= 0.3 is 222 Å². The van der Waals surface area contributed by atoms with Gasteiger partial charge < -0.3 is 24.8 Å². The molecule has 0 saturated carbocycles. The van der Waals surface area contributed by atoms with E-state index >= 15 is 0 Å². The van der Waals surface area contributed by atoms with Crippen LogP contribution in [0.15, 0.2) is 101 Å². The smallest absolute Gasteiger partial charge is 1.00 e. The number of hydrogen-bond donors (Lipinski definition) is 0. The molecule has 0 nitrogen and oxygen atoms in total. The van der Waals surface area contributed by atoms with Crippen molar-refractivity contribution in [2.45, 2.75) is 40.5 Å². The van der Waals surface area contributed by atoms with Crippen molar-refractivity contribution in [2.75, 3.05) is 0 Å². The summed E-state index contributed by atoms with van der Waals surface area (Å²) < 4.78 is 4.89. The van der Waals surface area contributed by atoms with Crippen molar-refractivity contribution < 1.29 is 42.2 Å². The largest absolute Gasteiger partial charge is 1.00 e. The van der Waals surface area contributed by atoms with Gasteiger partial charge in [0.25, 0.3) is 0 Å². The average Bonchev–Trinajstić information content (AvgIpc) is 3.52. The molecule has 38 heavy (non-hydrogen) atoms. The molecule has 4 aromatic rings. The molecule has 2 aliphatic carbocycles. The predicted molar refractivity (Wildman–Crippen MR) is 151 cm³/mol. The molecule has 0 radical (unpaired) electrons. The molecule has 0 aliphatic heterocycles. The first-order valence-corrected chi connectivity index (χ1v) is 15.3. The normalized spacial score (nSPS) is 12.4. The van der Waals surface area contributed by atoms with E-state index in [0.29, 0.717) is 0 Å². The van der Waals surface area contributed by atoms with Gasteiger partial charge in [-0.1, -0.05) is 0 Å². The number of hydrogen-bond acceptors (Lipinski definition) is 0. The zero-order chi connectivity index (χ0) is 24.8. The summed E-state index contributed by atoms with van der Waals surface area (Å²) in [7, 11) is 0. The molecule has 0 N–H and O–H groups in total. The first-order valence-electron chi connectivity index (χ1n) is 13.0. The van der Waals surface area contributed by atoms with Crippen molar-refractivity contribution in [3.63, 3.8) is 0 Å². The Bertz CT molecular complexity index is 1540. The van der Waals surface area contributed by atoms with Crippen molar-refractivity contribution in [1.29, 1.82) is 0 Å². The van der Waals surface area contributed by atoms with Gasteiger partial charge in [-0.05, 0) is 0 Å². The minimum Gasteiger partial charge on any atom is -1.00 e. The fourth-order valence-electron chi connectivity index (χ4n) is 5.85. The first kappa shape index (κ1) is 28.5. The van der Waals surface area contributed by atoms with Crippen molar-refractivity contribution >= 4 is 7.68 Å². The maximum absolute atomic E-state index is 2.43. The molecular formula is C35H32Cl2Ti. The molecule has 0 aromatic heterocycles. The van der Waals surface area contributed by atoms with Gasteiger partial charge in [0.2, 0.25) is 0 Å². The third kappa shape index (κ3) is 5.21. The summed E-state index contributed by atoms with van der Waals surface area (Å²) in [4.78, 5) is 0. The summed E-state index contributed by atoms with van der Waals surface area (Å²) in [6, 6.07) is 30.3. The zero-order valence-electron chi connectivity index (χ0n) is 22.4. The van der Waals surface area contributed by atoms with Crippen LogP contribution in [0.3, 0.4) is 0 Å². The minimum atomic E-state index is -2.15. The van der Waals surface area contributed by atoms with E-state index in [4.69, 9.17) is 0 Å². The second kappa shape index (κ2) is 11.7. The quantitative estimate of drug-likeness (QED) is 0.289. The fourth-order valence-corrected chi connectivity index (χ4v) is 11.1. The van der Waals surface area contributed by atoms with Gasteiger partial charge in [0, 0.05) is 0 Å². The number of benzene rings is 4. The van der Waals surface area contributed by atoms with Gasteiger partial charge in [0.1, 0.15) is 0 Å². The summed E-state index contributed by atoms with van der Waals surface area (Å²) >= 11 is -2.15. The van der Waals surface area contributed by atoms with E-state index in [-0.39, 0.29) is 24.8 Å². The van der Waals surface area contributed by atoms with Crippen LogP contribution in [-0.2, 0) is 23.8 Å². The van der Waals surface area contributed by atoms with Gasteiger partial charge in [-0.15, -0.1) is 0 Å². The van der Waals surface area contributed by atoms with Crippen LogP contribution >= 0.6 is 0 Å². The van der Waals surface area contributed by atoms with Gasteiger partial charge in [-0.2, -0.15) is 0 Å². The van der Waals surface area contributed by atoms with Gasteiger partial charge in [0.05, 0.1) is 0 Å². The molecule has 0 heterocycles. The van der Waals surface area contributed by atoms with E-state index in [2.05, 4.69) is 125 Å². The summed E-state index contributed by atoms with van der Waals surface area (Å²) in [6.07, 6.45) is 9.19. The van der Waals surface area contributed by atoms with Crippen LogP contribution in [0.2, 0.25) is 0 Å². The molecule has 2 aliphatic rings. The van der Waals surface area contributed by atoms with E-state index in [9.17, 15) is 0 Å². The number of rotatable bonds is 4. The van der Waals surface area contributed by atoms with Crippen molar-refractivity contribution in [1.82, 2.24) is 0 Å². The van der Waals surface area contributed by atoms with Crippen LogP contribution in [-0.4, -0.2) is 3.81 Å². The Balaban J connectivity index is 0.00000168. The summed E-state index contributed by atoms with van der Waals surface area (Å²) in [6.45, 7) is 8.93. The number of aryl methyl sites for hydroxylation is 4. The summed E-state index contributed by atoms with van der Waals surface area (Å²) in [5.74, 6) is 0. The zero-order valence-corrected chi connectivity index (χ0v) is 25.5. The number of allylic oxidation sites excluding steroid dienone is 4. The van der Waals surface area contributed by atoms with E-state index in [1.54, 1.807) is 17.1 Å². The van der Waals surface area contributed by atoms with Crippen LogP contribution in [0.1, 0.15) is 50.9 Å². The Morgan fingerprint density at radius 1 is 0.658 bits per heavy atom. The van der Waals surface area contributed by atoms with Gasteiger partial charge in [0.15, 0.2) is 0 Å². The minimum absolute atomic E-state index is 0. The van der Waals surface area contributed by atoms with Crippen LogP contribution in [0.25, 0.3) is 11.1 Å². The van der Waals surface area contributed by atoms with Crippen LogP contribution in [0.4, 0.5) is 0 Å². The molecule has 0 atom stereocenters. The standard InChI is InChI=1S/C15H13.C15H14.C5H5.2ClH.Ti/c1-10-3-5-14-12(7-10)9-13-8-11(2)4-6-15(13)14;1-12-3-7-14(8-4-12)11-15-9-5-13(2)6-10-15;1-2-4-5-3-1;;;/h3-7H,9H2,1-2H3;3-10H,1-2H3;1-3H,4H2;2*1H;/q;;;;;+2/p-2. The Morgan fingerprint density at radius 2 is 1.24 bits per heavy atom. The Labute approximate surface area is 245 Å². The van der Waals surface area contributed by atoms with E-state index in [0.717, 1.165) is 12.8 Å². The van der Waals surface area contributed by atoms with Gasteiger partial charge in [-0.25, -0.2) is 0 Å². The number of fused-ring (bicyclic) bond motifs is 3. The van der Waals surface area contributed by atoms with E-state index in [1.807, 2.05) is 0 Å². The van der Waals surface area contributed by atoms with Crippen molar-refractivity contribution in [3.05, 3.63) is 145 Å². The van der Waals surface area contributed by atoms with Crippen LogP contribution in [0, 0.1) is 27.7 Å². The van der Waals surface area contributed by atoms with Crippen molar-refractivity contribution in [2.24, 2.45) is 0 Å². The van der Waals surface area contributed by atoms with E-state index in [1.165, 1.54) is 50.1 Å². The van der Waals surface area contributed by atoms with Crippen molar-refractivity contribution in [3.8, 4) is 11.1 Å². The molecule has 0 unspecified atom stereocenters. The maximum atomic E-state index is 2.43. The average molecular weight is 571 g/mol. The third-order valence-electron chi connectivity index (χ3n) is 7.71. The predicted octanol–water partition coefficient (Wildman–Crippen LogP) is 1.86. The monoisotopic (exact) mass is 570 g/mol. The maximum Gasteiger partial charge on any atom is -1.00 e. The van der Waals surface area contributed by atoms with Crippen LogP contribution in [0.5, 0.6) is 0 Å². The van der Waals surface area contributed by atoms with Gasteiger partial charge in [-0.3, -0.25) is 0 Å². The molecule has 0 amide bonds. The molecule has 4 aromatic carbocycles. The second-order valence-corrected chi connectivity index (χ2v) is 14.2. The Morgan fingerprint density at radius 3 is 1.82 bits per heavy atom. The Kier molecular flexibility index (Phi) is 8.80. The van der Waals surface area contributed by atoms with E-state index < -0.39 is 17.4 Å². The Hall–Kier alpha value is -2.48. The van der Waals surface area contributed by atoms with Crippen LogP contribution < -0.4 is 28.7 Å². The topological polar surface area (TPSA) is 0 Å². The SMILES string of the molecule is Cc1ccc([C](c2ccc(C)cc2)=[Ti+2]([C]2=CC=CC2)[c]2c(C)ccc3c2Cc2cc(C)ccc2-3)cc1.[Cl-].[Cl-]. The first-order chi connectivity index (χ1) is 17.5. The molecule has 0 fully saturated rings. The molecule has 3 heteroatoms. The summed E-state index contributed by atoms with van der Waals surface area (Å²) in [5.41, 5.74) is 14.2. The second-order valence-electron chi connectivity index (χ2n) is 10.4. The molecule has 0 saturated heterocycles. The summed E-state index contributed by atoms with van der Waals surface area (Å²) in [5, 5.41) is 0.